The van der Waals surface area contributed by atoms with Crippen molar-refractivity contribution in [2.75, 3.05) is 0 Å². The number of hydrogen-bond acceptors (Lipinski definition) is 3. The van der Waals surface area contributed by atoms with Gasteiger partial charge in [0, 0.05) is 12.1 Å². The van der Waals surface area contributed by atoms with Crippen LogP contribution < -0.4 is 0 Å². The third-order valence-corrected chi connectivity index (χ3v) is 3.31. The van der Waals surface area contributed by atoms with Gasteiger partial charge in [-0.15, -0.1) is 11.3 Å². The highest BCUT2D eigenvalue weighted by molar-refractivity contribution is 7.12. The minimum atomic E-state index is -1.30. The molecule has 2 aromatic rings. The number of Topliss-reactive ketones (excluding diaryl/α,β-unsaturated/α-hetero) is 2. The fourth-order valence-corrected chi connectivity index (χ4v) is 2.23. The summed E-state index contributed by atoms with van der Waals surface area (Å²) in [6.45, 7) is 0. The molecular formula is C13H7F3O2S. The fourth-order valence-electron chi connectivity index (χ4n) is 1.57. The molecule has 19 heavy (non-hydrogen) atoms. The van der Waals surface area contributed by atoms with Crippen LogP contribution in [-0.4, -0.2) is 11.6 Å². The van der Waals surface area contributed by atoms with Crippen molar-refractivity contribution in [3.63, 3.8) is 0 Å². The van der Waals surface area contributed by atoms with Crippen LogP contribution in [-0.2, 0) is 0 Å². The van der Waals surface area contributed by atoms with Crippen molar-refractivity contribution >= 4 is 22.9 Å². The number of halogens is 3. The first-order chi connectivity index (χ1) is 8.99. The maximum absolute atomic E-state index is 13.3. The van der Waals surface area contributed by atoms with Crippen LogP contribution in [0.3, 0.4) is 0 Å². The zero-order chi connectivity index (χ0) is 14.0. The lowest BCUT2D eigenvalue weighted by Gasteiger charge is -2.03. The number of rotatable bonds is 4. The van der Waals surface area contributed by atoms with Gasteiger partial charge in [-0.2, -0.15) is 0 Å². The van der Waals surface area contributed by atoms with Crippen molar-refractivity contribution in [2.45, 2.75) is 6.42 Å². The van der Waals surface area contributed by atoms with E-state index in [1.807, 2.05) is 0 Å². The average molecular weight is 284 g/mol. The maximum atomic E-state index is 13.3. The Morgan fingerprint density at radius 1 is 1.05 bits per heavy atom. The minimum Gasteiger partial charge on any atom is -0.293 e. The first-order valence-corrected chi connectivity index (χ1v) is 6.11. The van der Waals surface area contributed by atoms with Crippen LogP contribution in [0.4, 0.5) is 13.2 Å². The molecule has 0 fully saturated rings. The number of thiophene rings is 1. The molecule has 0 spiro atoms. The van der Waals surface area contributed by atoms with Crippen molar-refractivity contribution in [1.82, 2.24) is 0 Å². The van der Waals surface area contributed by atoms with Crippen LogP contribution in [0.15, 0.2) is 29.6 Å². The molecule has 0 saturated heterocycles. The largest absolute Gasteiger partial charge is 0.293 e. The lowest BCUT2D eigenvalue weighted by Crippen LogP contribution is -2.11. The summed E-state index contributed by atoms with van der Waals surface area (Å²) < 4.78 is 39.4. The average Bonchev–Trinajstić information content (AvgIpc) is 2.80. The van der Waals surface area contributed by atoms with E-state index in [1.54, 1.807) is 11.4 Å². The number of hydrogen-bond donors (Lipinski definition) is 0. The normalized spacial score (nSPS) is 10.5. The number of ketones is 2. The molecule has 98 valence electrons. The first-order valence-electron chi connectivity index (χ1n) is 5.23. The van der Waals surface area contributed by atoms with E-state index in [0.29, 0.717) is 17.0 Å². The summed E-state index contributed by atoms with van der Waals surface area (Å²) in [5, 5.41) is 1.65. The Bertz CT molecular complexity index is 612. The summed E-state index contributed by atoms with van der Waals surface area (Å²) in [7, 11) is 0. The molecule has 0 saturated carbocycles. The first kappa shape index (κ1) is 13.5. The fraction of sp³-hybridized carbons (Fsp3) is 0.0769. The standard InChI is InChI=1S/C13H7F3O2S/c14-7-4-8(15)13(9(16)5-7)11(18)6-10(17)12-2-1-3-19-12/h1-5H,6H2. The van der Waals surface area contributed by atoms with Crippen LogP contribution in [0.1, 0.15) is 26.5 Å². The zero-order valence-electron chi connectivity index (χ0n) is 9.45. The summed E-state index contributed by atoms with van der Waals surface area (Å²) >= 11 is 1.13. The highest BCUT2D eigenvalue weighted by atomic mass is 32.1. The lowest BCUT2D eigenvalue weighted by molar-refractivity contribution is 0.0892. The molecular weight excluding hydrogens is 277 g/mol. The summed E-state index contributed by atoms with van der Waals surface area (Å²) in [5.41, 5.74) is -0.883. The SMILES string of the molecule is O=C(CC(=O)c1c(F)cc(F)cc1F)c1cccs1. The third-order valence-electron chi connectivity index (χ3n) is 2.40. The van der Waals surface area contributed by atoms with E-state index >= 15 is 0 Å². The van der Waals surface area contributed by atoms with E-state index in [9.17, 15) is 22.8 Å². The molecule has 0 aliphatic rings. The summed E-state index contributed by atoms with van der Waals surface area (Å²) in [6.07, 6.45) is -0.653. The number of carbonyl (C=O) groups excluding carboxylic acids is 2. The van der Waals surface area contributed by atoms with Gasteiger partial charge in [0.1, 0.15) is 17.5 Å². The molecule has 1 aromatic heterocycles. The van der Waals surface area contributed by atoms with Gasteiger partial charge in [0.15, 0.2) is 11.6 Å². The molecule has 1 heterocycles. The van der Waals surface area contributed by atoms with Crippen LogP contribution in [0.25, 0.3) is 0 Å². The van der Waals surface area contributed by atoms with Crippen LogP contribution in [0.2, 0.25) is 0 Å². The van der Waals surface area contributed by atoms with E-state index in [1.165, 1.54) is 6.07 Å². The predicted octanol–water partition coefficient (Wildman–Crippen LogP) is 3.62. The van der Waals surface area contributed by atoms with E-state index < -0.39 is 41.0 Å². The molecule has 0 atom stereocenters. The molecule has 0 N–H and O–H groups in total. The molecule has 0 bridgehead atoms. The van der Waals surface area contributed by atoms with E-state index in [4.69, 9.17) is 0 Å². The summed E-state index contributed by atoms with van der Waals surface area (Å²) in [6, 6.07) is 3.96. The van der Waals surface area contributed by atoms with Crippen LogP contribution in [0, 0.1) is 17.5 Å². The molecule has 1 aromatic carbocycles. The van der Waals surface area contributed by atoms with E-state index in [-0.39, 0.29) is 0 Å². The molecule has 0 radical (unpaired) electrons. The lowest BCUT2D eigenvalue weighted by atomic mass is 10.0. The highest BCUT2D eigenvalue weighted by Crippen LogP contribution is 2.19. The third kappa shape index (κ3) is 2.90. The monoisotopic (exact) mass is 284 g/mol. The summed E-state index contributed by atoms with van der Waals surface area (Å²) in [4.78, 5) is 23.7. The molecule has 2 rings (SSSR count). The Labute approximate surface area is 110 Å². The highest BCUT2D eigenvalue weighted by Gasteiger charge is 2.22. The van der Waals surface area contributed by atoms with Gasteiger partial charge in [0.2, 0.25) is 0 Å². The Morgan fingerprint density at radius 2 is 1.68 bits per heavy atom. The molecule has 2 nitrogen and oxygen atoms in total. The quantitative estimate of drug-likeness (QED) is 0.634. The Hall–Kier alpha value is -1.95. The van der Waals surface area contributed by atoms with Gasteiger partial charge in [-0.1, -0.05) is 6.07 Å². The topological polar surface area (TPSA) is 34.1 Å². The van der Waals surface area contributed by atoms with Gasteiger partial charge in [-0.25, -0.2) is 13.2 Å². The summed E-state index contributed by atoms with van der Waals surface area (Å²) in [5.74, 6) is -5.25. The van der Waals surface area contributed by atoms with E-state index in [2.05, 4.69) is 0 Å². The second kappa shape index (κ2) is 5.36. The Kier molecular flexibility index (Phi) is 3.80. The van der Waals surface area contributed by atoms with Crippen molar-refractivity contribution in [3.05, 3.63) is 57.5 Å². The molecule has 0 unspecified atom stereocenters. The Balaban J connectivity index is 2.24. The predicted molar refractivity (Wildman–Crippen MR) is 63.9 cm³/mol. The zero-order valence-corrected chi connectivity index (χ0v) is 10.3. The van der Waals surface area contributed by atoms with Crippen LogP contribution in [0.5, 0.6) is 0 Å². The van der Waals surface area contributed by atoms with E-state index in [0.717, 1.165) is 11.3 Å². The second-order valence-electron chi connectivity index (χ2n) is 3.74. The van der Waals surface area contributed by atoms with Gasteiger partial charge < -0.3 is 0 Å². The molecule has 6 heteroatoms. The molecule has 0 amide bonds. The van der Waals surface area contributed by atoms with Gasteiger partial charge >= 0.3 is 0 Å². The van der Waals surface area contributed by atoms with Crippen molar-refractivity contribution in [3.8, 4) is 0 Å². The second-order valence-corrected chi connectivity index (χ2v) is 4.69. The van der Waals surface area contributed by atoms with Crippen molar-refractivity contribution in [2.24, 2.45) is 0 Å². The maximum Gasteiger partial charge on any atom is 0.180 e. The molecule has 0 aliphatic carbocycles. The van der Waals surface area contributed by atoms with Gasteiger partial charge in [-0.3, -0.25) is 9.59 Å². The number of carbonyl (C=O) groups is 2. The van der Waals surface area contributed by atoms with Crippen molar-refractivity contribution < 1.29 is 22.8 Å². The van der Waals surface area contributed by atoms with Crippen molar-refractivity contribution in [1.29, 1.82) is 0 Å². The smallest absolute Gasteiger partial charge is 0.180 e. The van der Waals surface area contributed by atoms with Crippen LogP contribution >= 0.6 is 11.3 Å². The van der Waals surface area contributed by atoms with Gasteiger partial charge in [0.25, 0.3) is 0 Å². The Morgan fingerprint density at radius 3 is 2.21 bits per heavy atom. The number of benzene rings is 1. The molecule has 0 aliphatic heterocycles. The van der Waals surface area contributed by atoms with Gasteiger partial charge in [0.05, 0.1) is 16.9 Å². The minimum absolute atomic E-state index is 0.330. The van der Waals surface area contributed by atoms with Gasteiger partial charge in [-0.05, 0) is 11.4 Å².